The van der Waals surface area contributed by atoms with E-state index in [9.17, 15) is 4.79 Å². The molecule has 0 aliphatic carbocycles. The Morgan fingerprint density at radius 2 is 1.96 bits per heavy atom. The molecule has 1 saturated heterocycles. The minimum atomic E-state index is -0.354. The number of anilines is 1. The number of benzene rings is 2. The van der Waals surface area contributed by atoms with E-state index in [2.05, 4.69) is 23.2 Å². The molecule has 1 atom stereocenters. The highest BCUT2D eigenvalue weighted by molar-refractivity contribution is 5.85. The van der Waals surface area contributed by atoms with Crippen molar-refractivity contribution >= 4 is 16.7 Å². The van der Waals surface area contributed by atoms with Crippen molar-refractivity contribution < 1.29 is 13.9 Å². The largest absolute Gasteiger partial charge is 0.454 e. The van der Waals surface area contributed by atoms with Crippen molar-refractivity contribution in [2.45, 2.75) is 13.0 Å². The van der Waals surface area contributed by atoms with Crippen LogP contribution in [0.4, 0.5) is 5.69 Å². The summed E-state index contributed by atoms with van der Waals surface area (Å²) in [5.41, 5.74) is 2.61. The summed E-state index contributed by atoms with van der Waals surface area (Å²) in [6, 6.07) is 13.9. The van der Waals surface area contributed by atoms with Gasteiger partial charge in [-0.3, -0.25) is 0 Å². The third-order valence-corrected chi connectivity index (χ3v) is 5.14. The number of rotatable bonds is 2. The lowest BCUT2D eigenvalue weighted by molar-refractivity contribution is 0.174. The minimum Gasteiger partial charge on any atom is -0.454 e. The first-order valence-corrected chi connectivity index (χ1v) is 9.14. The molecule has 5 rings (SSSR count). The fraction of sp³-hybridized carbons (Fsp3) is 0.286. The number of piperazine rings is 1. The Balaban J connectivity index is 1.54. The molecule has 27 heavy (non-hydrogen) atoms. The zero-order chi connectivity index (χ0) is 18.4. The number of nitrogens with zero attached hydrogens (tertiary/aromatic N) is 1. The molecule has 0 bridgehead atoms. The van der Waals surface area contributed by atoms with Gasteiger partial charge in [-0.25, -0.2) is 4.79 Å². The predicted molar refractivity (Wildman–Crippen MR) is 104 cm³/mol. The van der Waals surface area contributed by atoms with Gasteiger partial charge in [-0.05, 0) is 42.8 Å². The summed E-state index contributed by atoms with van der Waals surface area (Å²) in [5.74, 6) is 1.34. The van der Waals surface area contributed by atoms with Gasteiger partial charge < -0.3 is 24.1 Å². The Morgan fingerprint density at radius 3 is 2.85 bits per heavy atom. The van der Waals surface area contributed by atoms with Crippen LogP contribution >= 0.6 is 0 Å². The van der Waals surface area contributed by atoms with Crippen LogP contribution in [0.3, 0.4) is 0 Å². The average molecular weight is 364 g/mol. The van der Waals surface area contributed by atoms with Crippen molar-refractivity contribution in [3.8, 4) is 22.6 Å². The number of fused-ring (bicyclic) bond motifs is 2. The maximum atomic E-state index is 12.6. The summed E-state index contributed by atoms with van der Waals surface area (Å²) < 4.78 is 16.4. The van der Waals surface area contributed by atoms with Crippen molar-refractivity contribution in [1.82, 2.24) is 5.32 Å². The Hall–Kier alpha value is -2.99. The van der Waals surface area contributed by atoms with E-state index < -0.39 is 0 Å². The molecule has 2 aliphatic heterocycles. The zero-order valence-electron chi connectivity index (χ0n) is 15.0. The smallest absolute Gasteiger partial charge is 0.344 e. The molecule has 0 spiro atoms. The monoisotopic (exact) mass is 364 g/mol. The van der Waals surface area contributed by atoms with Gasteiger partial charge in [0.25, 0.3) is 0 Å². The van der Waals surface area contributed by atoms with E-state index in [1.165, 1.54) is 0 Å². The number of ether oxygens (including phenoxy) is 2. The van der Waals surface area contributed by atoms with Crippen LogP contribution in [0.5, 0.6) is 11.5 Å². The summed E-state index contributed by atoms with van der Waals surface area (Å²) in [6.45, 7) is 5.20. The van der Waals surface area contributed by atoms with Crippen molar-refractivity contribution in [2.75, 3.05) is 31.3 Å². The van der Waals surface area contributed by atoms with Crippen LogP contribution in [-0.4, -0.2) is 32.5 Å². The van der Waals surface area contributed by atoms with Crippen LogP contribution in [0.2, 0.25) is 0 Å². The first kappa shape index (κ1) is 16.2. The minimum absolute atomic E-state index is 0.207. The molecule has 0 amide bonds. The highest BCUT2D eigenvalue weighted by atomic mass is 16.7. The number of hydrogen-bond acceptors (Lipinski definition) is 6. The van der Waals surface area contributed by atoms with Gasteiger partial charge >= 0.3 is 5.63 Å². The van der Waals surface area contributed by atoms with Gasteiger partial charge in [0.1, 0.15) is 5.58 Å². The number of nitrogens with one attached hydrogen (secondary N) is 1. The summed E-state index contributed by atoms with van der Waals surface area (Å²) in [4.78, 5) is 14.9. The van der Waals surface area contributed by atoms with Crippen molar-refractivity contribution in [3.63, 3.8) is 0 Å². The lowest BCUT2D eigenvalue weighted by atomic mass is 10.0. The lowest BCUT2D eigenvalue weighted by Crippen LogP contribution is -2.49. The molecular formula is C21H20N2O4. The second kappa shape index (κ2) is 6.32. The second-order valence-corrected chi connectivity index (χ2v) is 7.04. The molecule has 138 valence electrons. The quantitative estimate of drug-likeness (QED) is 0.706. The van der Waals surface area contributed by atoms with Crippen LogP contribution in [-0.2, 0) is 0 Å². The molecule has 0 saturated carbocycles. The van der Waals surface area contributed by atoms with Crippen molar-refractivity contribution in [2.24, 2.45) is 0 Å². The Kier molecular flexibility index (Phi) is 3.79. The second-order valence-electron chi connectivity index (χ2n) is 7.04. The van der Waals surface area contributed by atoms with E-state index in [4.69, 9.17) is 13.9 Å². The average Bonchev–Trinajstić information content (AvgIpc) is 3.15. The summed E-state index contributed by atoms with van der Waals surface area (Å²) in [7, 11) is 0. The molecule has 2 aromatic carbocycles. The van der Waals surface area contributed by atoms with E-state index in [0.717, 1.165) is 36.3 Å². The van der Waals surface area contributed by atoms with E-state index in [1.54, 1.807) is 0 Å². The zero-order valence-corrected chi connectivity index (χ0v) is 15.0. The van der Waals surface area contributed by atoms with Crippen LogP contribution in [0.1, 0.15) is 6.92 Å². The normalized spacial score (nSPS) is 18.9. The summed E-state index contributed by atoms with van der Waals surface area (Å²) >= 11 is 0. The van der Waals surface area contributed by atoms with Crippen molar-refractivity contribution in [1.29, 1.82) is 0 Å². The molecule has 6 heteroatoms. The standard InChI is InChI=1S/C21H20N2O4/c1-13-11-23(7-6-22-13)16-4-2-15-8-17(21(24)27-19(15)10-16)14-3-5-18-20(9-14)26-12-25-18/h2-5,8-10,13,22H,6-7,11-12H2,1H3/t13-/m1/s1. The maximum absolute atomic E-state index is 12.6. The van der Waals surface area contributed by atoms with Gasteiger partial charge in [0.2, 0.25) is 6.79 Å². The third-order valence-electron chi connectivity index (χ3n) is 5.14. The van der Waals surface area contributed by atoms with E-state index in [1.807, 2.05) is 36.4 Å². The van der Waals surface area contributed by atoms with Crippen LogP contribution in [0.25, 0.3) is 22.1 Å². The topological polar surface area (TPSA) is 63.9 Å². The van der Waals surface area contributed by atoms with Crippen LogP contribution in [0.15, 0.2) is 51.7 Å². The lowest BCUT2D eigenvalue weighted by Gasteiger charge is -2.33. The van der Waals surface area contributed by atoms with Gasteiger partial charge in [-0.2, -0.15) is 0 Å². The molecule has 2 aliphatic rings. The highest BCUT2D eigenvalue weighted by Gasteiger charge is 2.18. The first-order valence-electron chi connectivity index (χ1n) is 9.14. The van der Waals surface area contributed by atoms with Crippen LogP contribution < -0.4 is 25.3 Å². The molecule has 0 unspecified atom stereocenters. The van der Waals surface area contributed by atoms with Gasteiger partial charge in [-0.1, -0.05) is 6.07 Å². The molecule has 0 radical (unpaired) electrons. The molecule has 1 aromatic heterocycles. The number of hydrogen-bond donors (Lipinski definition) is 1. The molecular weight excluding hydrogens is 344 g/mol. The van der Waals surface area contributed by atoms with Gasteiger partial charge in [-0.15, -0.1) is 0 Å². The van der Waals surface area contributed by atoms with Crippen LogP contribution in [0, 0.1) is 0 Å². The SMILES string of the molecule is C[C@@H]1CN(c2ccc3cc(-c4ccc5c(c4)OCO5)c(=O)oc3c2)CCN1. The third kappa shape index (κ3) is 2.92. The van der Waals surface area contributed by atoms with Crippen molar-refractivity contribution in [3.05, 3.63) is 52.9 Å². The molecule has 1 fully saturated rings. The fourth-order valence-corrected chi connectivity index (χ4v) is 3.73. The molecule has 3 heterocycles. The van der Waals surface area contributed by atoms with E-state index in [-0.39, 0.29) is 12.4 Å². The van der Waals surface area contributed by atoms with Gasteiger partial charge in [0, 0.05) is 42.8 Å². The van der Waals surface area contributed by atoms with E-state index >= 15 is 0 Å². The Bertz CT molecular complexity index is 1080. The van der Waals surface area contributed by atoms with Gasteiger partial charge in [0.05, 0.1) is 5.56 Å². The van der Waals surface area contributed by atoms with E-state index in [0.29, 0.717) is 28.7 Å². The highest BCUT2D eigenvalue weighted by Crippen LogP contribution is 2.35. The first-order chi connectivity index (χ1) is 13.2. The van der Waals surface area contributed by atoms with Gasteiger partial charge in [0.15, 0.2) is 11.5 Å². The molecule has 1 N–H and O–H groups in total. The summed E-state index contributed by atoms with van der Waals surface area (Å²) in [5, 5.41) is 4.33. The summed E-state index contributed by atoms with van der Waals surface area (Å²) in [6.07, 6.45) is 0. The maximum Gasteiger partial charge on any atom is 0.344 e. The fourth-order valence-electron chi connectivity index (χ4n) is 3.73. The predicted octanol–water partition coefficient (Wildman–Crippen LogP) is 2.99. The molecule has 3 aromatic rings. The Labute approximate surface area is 156 Å². The molecule has 6 nitrogen and oxygen atoms in total. The Morgan fingerprint density at radius 1 is 1.07 bits per heavy atom.